The van der Waals surface area contributed by atoms with Crippen LogP contribution in [0, 0.1) is 0 Å². The summed E-state index contributed by atoms with van der Waals surface area (Å²) in [5.74, 6) is 0.684. The van der Waals surface area contributed by atoms with Gasteiger partial charge in [-0.2, -0.15) is 0 Å². The van der Waals surface area contributed by atoms with Crippen molar-refractivity contribution in [3.63, 3.8) is 0 Å². The number of carbonyl (C=O) groups excluding carboxylic acids is 1. The molecule has 1 aromatic rings. The topological polar surface area (TPSA) is 41.1 Å². The number of thioether (sulfide) groups is 1. The Morgan fingerprint density at radius 2 is 1.85 bits per heavy atom. The summed E-state index contributed by atoms with van der Waals surface area (Å²) in [6.45, 7) is 0. The summed E-state index contributed by atoms with van der Waals surface area (Å²) >= 11 is 1.61. The number of fused-ring (bicyclic) bond motifs is 2. The van der Waals surface area contributed by atoms with Crippen LogP contribution in [0.5, 0.6) is 0 Å². The number of rotatable bonds is 4. The zero-order valence-corrected chi connectivity index (χ0v) is 13.0. The second-order valence-electron chi connectivity index (χ2n) is 5.48. The van der Waals surface area contributed by atoms with E-state index in [1.807, 2.05) is 30.3 Å². The van der Waals surface area contributed by atoms with Gasteiger partial charge < -0.3 is 10.6 Å². The van der Waals surface area contributed by atoms with Gasteiger partial charge in [0.05, 0.1) is 5.75 Å². The lowest BCUT2D eigenvalue weighted by Crippen LogP contribution is -2.48. The van der Waals surface area contributed by atoms with E-state index in [4.69, 9.17) is 0 Å². The maximum atomic E-state index is 12.0. The first-order chi connectivity index (χ1) is 9.29. The molecule has 2 atom stereocenters. The maximum Gasteiger partial charge on any atom is 0.230 e. The summed E-state index contributed by atoms with van der Waals surface area (Å²) in [6, 6.07) is 11.7. The van der Waals surface area contributed by atoms with Crippen LogP contribution in [0.2, 0.25) is 0 Å². The summed E-state index contributed by atoms with van der Waals surface area (Å²) in [4.78, 5) is 13.1. The first-order valence-electron chi connectivity index (χ1n) is 7.03. The molecule has 2 saturated heterocycles. The van der Waals surface area contributed by atoms with Crippen LogP contribution >= 0.6 is 24.2 Å². The Morgan fingerprint density at radius 1 is 1.20 bits per heavy atom. The monoisotopic (exact) mass is 312 g/mol. The van der Waals surface area contributed by atoms with Gasteiger partial charge in [-0.3, -0.25) is 4.79 Å². The Bertz CT molecular complexity index is 431. The van der Waals surface area contributed by atoms with Crippen LogP contribution in [0.4, 0.5) is 0 Å². The Morgan fingerprint density at radius 3 is 2.50 bits per heavy atom. The van der Waals surface area contributed by atoms with E-state index in [-0.39, 0.29) is 18.3 Å². The van der Waals surface area contributed by atoms with Crippen LogP contribution < -0.4 is 10.6 Å². The Balaban J connectivity index is 0.00000147. The first kappa shape index (κ1) is 15.7. The van der Waals surface area contributed by atoms with E-state index >= 15 is 0 Å². The van der Waals surface area contributed by atoms with Gasteiger partial charge in [0.1, 0.15) is 0 Å². The minimum Gasteiger partial charge on any atom is -0.353 e. The van der Waals surface area contributed by atoms with Crippen LogP contribution in [-0.2, 0) is 4.79 Å². The van der Waals surface area contributed by atoms with E-state index in [1.165, 1.54) is 12.8 Å². The van der Waals surface area contributed by atoms with Crippen LogP contribution in [-0.4, -0.2) is 29.8 Å². The van der Waals surface area contributed by atoms with Crippen molar-refractivity contribution in [1.82, 2.24) is 10.6 Å². The lowest BCUT2D eigenvalue weighted by molar-refractivity contribution is -0.119. The van der Waals surface area contributed by atoms with Crippen LogP contribution in [0.15, 0.2) is 35.2 Å². The van der Waals surface area contributed by atoms with Gasteiger partial charge in [0, 0.05) is 23.0 Å². The molecular weight excluding hydrogens is 292 g/mol. The molecular formula is C15H21ClN2OS. The van der Waals surface area contributed by atoms with Crippen LogP contribution in [0.25, 0.3) is 0 Å². The van der Waals surface area contributed by atoms with Crippen molar-refractivity contribution in [2.45, 2.75) is 48.7 Å². The fourth-order valence-electron chi connectivity index (χ4n) is 3.11. The largest absolute Gasteiger partial charge is 0.353 e. The van der Waals surface area contributed by atoms with Gasteiger partial charge in [-0.1, -0.05) is 18.2 Å². The molecule has 2 N–H and O–H groups in total. The summed E-state index contributed by atoms with van der Waals surface area (Å²) in [7, 11) is 0. The Labute approximate surface area is 130 Å². The Hall–Kier alpha value is -0.710. The fourth-order valence-corrected chi connectivity index (χ4v) is 3.84. The molecule has 2 aliphatic rings. The highest BCUT2D eigenvalue weighted by Gasteiger charge is 2.33. The van der Waals surface area contributed by atoms with Gasteiger partial charge in [-0.05, 0) is 37.8 Å². The predicted molar refractivity (Wildman–Crippen MR) is 85.5 cm³/mol. The molecule has 0 aliphatic carbocycles. The van der Waals surface area contributed by atoms with E-state index in [9.17, 15) is 4.79 Å². The second-order valence-corrected chi connectivity index (χ2v) is 6.52. The molecule has 0 aromatic heterocycles. The standard InChI is InChI=1S/C15H20N2OS.ClH/c18-15(10-19-14-4-2-1-3-5-14)17-13-8-11-6-7-12(9-13)16-11;/h1-5,11-13,16H,6-10H2,(H,17,18);1H. The number of benzene rings is 1. The van der Waals surface area contributed by atoms with Crippen molar-refractivity contribution in [2.75, 3.05) is 5.75 Å². The fraction of sp³-hybridized carbons (Fsp3) is 0.533. The van der Waals surface area contributed by atoms with Gasteiger partial charge in [-0.25, -0.2) is 0 Å². The molecule has 2 unspecified atom stereocenters. The van der Waals surface area contributed by atoms with E-state index in [2.05, 4.69) is 10.6 Å². The zero-order valence-electron chi connectivity index (χ0n) is 11.4. The summed E-state index contributed by atoms with van der Waals surface area (Å²) < 4.78 is 0. The van der Waals surface area contributed by atoms with Crippen molar-refractivity contribution in [3.05, 3.63) is 30.3 Å². The van der Waals surface area contributed by atoms with Crippen molar-refractivity contribution in [2.24, 2.45) is 0 Å². The summed E-state index contributed by atoms with van der Waals surface area (Å²) in [5.41, 5.74) is 0. The average molecular weight is 313 g/mol. The predicted octanol–water partition coefficient (Wildman–Crippen LogP) is 2.60. The van der Waals surface area contributed by atoms with Crippen molar-refractivity contribution in [3.8, 4) is 0 Å². The average Bonchev–Trinajstić information content (AvgIpc) is 2.77. The number of nitrogens with one attached hydrogen (secondary N) is 2. The third-order valence-corrected chi connectivity index (χ3v) is 4.96. The number of carbonyl (C=O) groups is 1. The molecule has 3 nitrogen and oxygen atoms in total. The molecule has 0 saturated carbocycles. The number of amides is 1. The van der Waals surface area contributed by atoms with Crippen molar-refractivity contribution < 1.29 is 4.79 Å². The molecule has 2 heterocycles. The summed E-state index contributed by atoms with van der Waals surface area (Å²) in [6.07, 6.45) is 4.74. The van der Waals surface area contributed by atoms with E-state index in [0.717, 1.165) is 17.7 Å². The first-order valence-corrected chi connectivity index (χ1v) is 8.01. The molecule has 2 aliphatic heterocycles. The van der Waals surface area contributed by atoms with E-state index < -0.39 is 0 Å². The van der Waals surface area contributed by atoms with E-state index in [1.54, 1.807) is 11.8 Å². The SMILES string of the molecule is Cl.O=C(CSc1ccccc1)NC1CC2CCC(C1)N2. The number of halogens is 1. The molecule has 0 spiro atoms. The maximum absolute atomic E-state index is 12.0. The zero-order chi connectivity index (χ0) is 13.1. The molecule has 3 rings (SSSR count). The number of hydrogen-bond donors (Lipinski definition) is 2. The molecule has 2 bridgehead atoms. The van der Waals surface area contributed by atoms with Crippen LogP contribution in [0.3, 0.4) is 0 Å². The molecule has 0 radical (unpaired) electrons. The number of piperidine rings is 1. The second kappa shape index (κ2) is 7.34. The highest BCUT2D eigenvalue weighted by molar-refractivity contribution is 8.00. The minimum absolute atomic E-state index is 0. The minimum atomic E-state index is 0. The molecule has 5 heteroatoms. The lowest BCUT2D eigenvalue weighted by atomic mass is 10.00. The third kappa shape index (κ3) is 4.14. The van der Waals surface area contributed by atoms with Gasteiger partial charge >= 0.3 is 0 Å². The van der Waals surface area contributed by atoms with Gasteiger partial charge in [0.15, 0.2) is 0 Å². The van der Waals surface area contributed by atoms with Crippen LogP contribution in [0.1, 0.15) is 25.7 Å². The van der Waals surface area contributed by atoms with Gasteiger partial charge in [0.2, 0.25) is 5.91 Å². The van der Waals surface area contributed by atoms with Crippen molar-refractivity contribution in [1.29, 1.82) is 0 Å². The lowest BCUT2D eigenvalue weighted by Gasteiger charge is -2.29. The third-order valence-electron chi connectivity index (χ3n) is 3.95. The van der Waals surface area contributed by atoms with Gasteiger partial charge in [0.25, 0.3) is 0 Å². The number of hydrogen-bond acceptors (Lipinski definition) is 3. The molecule has 1 amide bonds. The molecule has 110 valence electrons. The molecule has 2 fully saturated rings. The van der Waals surface area contributed by atoms with Crippen molar-refractivity contribution >= 4 is 30.1 Å². The Kier molecular flexibility index (Phi) is 5.75. The van der Waals surface area contributed by atoms with Gasteiger partial charge in [-0.15, -0.1) is 24.2 Å². The van der Waals surface area contributed by atoms with E-state index in [0.29, 0.717) is 23.9 Å². The quantitative estimate of drug-likeness (QED) is 0.840. The summed E-state index contributed by atoms with van der Waals surface area (Å²) in [5, 5.41) is 6.79. The smallest absolute Gasteiger partial charge is 0.230 e. The normalized spacial score (nSPS) is 27.7. The highest BCUT2D eigenvalue weighted by atomic mass is 35.5. The molecule has 1 aromatic carbocycles. The molecule has 20 heavy (non-hydrogen) atoms. The highest BCUT2D eigenvalue weighted by Crippen LogP contribution is 2.27.